The van der Waals surface area contributed by atoms with Gasteiger partial charge in [-0.1, -0.05) is 133 Å². The molecule has 0 N–H and O–H groups in total. The van der Waals surface area contributed by atoms with E-state index in [9.17, 15) is 0 Å². The fourth-order valence-electron chi connectivity index (χ4n) is 7.05. The highest BCUT2D eigenvalue weighted by molar-refractivity contribution is 6.09. The highest BCUT2D eigenvalue weighted by Gasteiger charge is 2.16. The molecule has 0 radical (unpaired) electrons. The fraction of sp³-hybridized carbons (Fsp3) is 0. The Morgan fingerprint density at radius 2 is 1.10 bits per heavy atom. The van der Waals surface area contributed by atoms with E-state index in [-0.39, 0.29) is 0 Å². The van der Waals surface area contributed by atoms with Crippen molar-refractivity contribution in [1.82, 2.24) is 24.3 Å². The molecule has 0 atom stereocenters. The molecule has 0 amide bonds. The average molecular weight is 626 g/mol. The molecule has 0 saturated carbocycles. The van der Waals surface area contributed by atoms with Gasteiger partial charge in [0.05, 0.1) is 16.9 Å². The van der Waals surface area contributed by atoms with E-state index >= 15 is 0 Å². The molecule has 4 heterocycles. The van der Waals surface area contributed by atoms with Crippen LogP contribution in [-0.2, 0) is 0 Å². The second kappa shape index (κ2) is 10.9. The Balaban J connectivity index is 1.07. The second-order valence-electron chi connectivity index (χ2n) is 12.3. The molecule has 0 aliphatic heterocycles. The van der Waals surface area contributed by atoms with Gasteiger partial charge in [-0.2, -0.15) is 0 Å². The normalized spacial score (nSPS) is 11.7. The molecule has 5 nitrogen and oxygen atoms in total. The molecule has 49 heavy (non-hydrogen) atoms. The molecule has 0 unspecified atom stereocenters. The van der Waals surface area contributed by atoms with Crippen molar-refractivity contribution >= 4 is 49.3 Å². The summed E-state index contributed by atoms with van der Waals surface area (Å²) < 4.78 is 2.06. The van der Waals surface area contributed by atoms with Crippen LogP contribution < -0.4 is 0 Å². The van der Waals surface area contributed by atoms with Crippen LogP contribution >= 0.6 is 0 Å². The van der Waals surface area contributed by atoms with Crippen LogP contribution in [0.25, 0.3) is 94.3 Å². The smallest absolute Gasteiger partial charge is 0.165 e. The summed E-state index contributed by atoms with van der Waals surface area (Å²) >= 11 is 0. The molecule has 228 valence electrons. The summed E-state index contributed by atoms with van der Waals surface area (Å²) in [5, 5.41) is 5.59. The number of fused-ring (bicyclic) bond motifs is 7. The van der Waals surface area contributed by atoms with Gasteiger partial charge in [-0.3, -0.25) is 4.40 Å². The van der Waals surface area contributed by atoms with E-state index in [1.54, 1.807) is 0 Å². The maximum absolute atomic E-state index is 5.21. The summed E-state index contributed by atoms with van der Waals surface area (Å²) in [6.45, 7) is 0. The summed E-state index contributed by atoms with van der Waals surface area (Å²) in [6, 6.07) is 54.8. The van der Waals surface area contributed by atoms with Crippen molar-refractivity contribution in [3.63, 3.8) is 0 Å². The van der Waals surface area contributed by atoms with E-state index < -0.39 is 0 Å². The maximum atomic E-state index is 5.21. The molecule has 0 saturated heterocycles. The van der Waals surface area contributed by atoms with Crippen LogP contribution in [0.1, 0.15) is 0 Å². The third-order valence-corrected chi connectivity index (χ3v) is 9.42. The molecule has 0 fully saturated rings. The van der Waals surface area contributed by atoms with Gasteiger partial charge in [0, 0.05) is 39.0 Å². The van der Waals surface area contributed by atoms with Gasteiger partial charge >= 0.3 is 0 Å². The Bertz CT molecular complexity index is 2880. The van der Waals surface area contributed by atoms with Gasteiger partial charge in [0.1, 0.15) is 11.2 Å². The number of aromatic nitrogens is 5. The molecule has 6 aromatic carbocycles. The largest absolute Gasteiger partial charge is 0.284 e. The van der Waals surface area contributed by atoms with Crippen molar-refractivity contribution in [1.29, 1.82) is 0 Å². The number of nitrogens with zero attached hydrogens (tertiary/aromatic N) is 5. The number of pyridine rings is 2. The lowest BCUT2D eigenvalue weighted by atomic mass is 9.97. The second-order valence-corrected chi connectivity index (χ2v) is 12.3. The molecule has 10 rings (SSSR count). The molecule has 4 aromatic heterocycles. The number of imidazole rings is 1. The van der Waals surface area contributed by atoms with Crippen LogP contribution in [-0.4, -0.2) is 24.3 Å². The topological polar surface area (TPSA) is 56.0 Å². The molecule has 0 aliphatic carbocycles. The molecular formula is C44H27N5. The molecule has 5 heteroatoms. The zero-order chi connectivity index (χ0) is 32.3. The van der Waals surface area contributed by atoms with Gasteiger partial charge in [-0.05, 0) is 46.2 Å². The highest BCUT2D eigenvalue weighted by atomic mass is 15.1. The first-order valence-electron chi connectivity index (χ1n) is 16.4. The SMILES string of the molecule is c1cc(-c2ccc(-c3nc(-c4cccc5ccccc45)c4ccccc4n3)cc2)cc(-c2nc3c(nc4ccccn43)c3ccccc23)c1. The lowest BCUT2D eigenvalue weighted by molar-refractivity contribution is 1.19. The Kier molecular flexibility index (Phi) is 6.11. The van der Waals surface area contributed by atoms with Crippen LogP contribution in [0.4, 0.5) is 0 Å². The van der Waals surface area contributed by atoms with E-state index in [1.807, 2.05) is 30.5 Å². The first-order chi connectivity index (χ1) is 24.3. The quantitative estimate of drug-likeness (QED) is 0.195. The predicted octanol–water partition coefficient (Wildman–Crippen LogP) is 10.8. The summed E-state index contributed by atoms with van der Waals surface area (Å²) in [6.07, 6.45) is 2.03. The zero-order valence-corrected chi connectivity index (χ0v) is 26.3. The lowest BCUT2D eigenvalue weighted by Gasteiger charge is -2.12. The molecule has 0 spiro atoms. The van der Waals surface area contributed by atoms with E-state index in [0.717, 1.165) is 77.7 Å². The van der Waals surface area contributed by atoms with Crippen LogP contribution in [0, 0.1) is 0 Å². The monoisotopic (exact) mass is 625 g/mol. The fourth-order valence-corrected chi connectivity index (χ4v) is 7.05. The lowest BCUT2D eigenvalue weighted by Crippen LogP contribution is -1.96. The Hall–Kier alpha value is -6.72. The van der Waals surface area contributed by atoms with Crippen LogP contribution in [0.15, 0.2) is 164 Å². The maximum Gasteiger partial charge on any atom is 0.165 e. The molecule has 10 aromatic rings. The summed E-state index contributed by atoms with van der Waals surface area (Å²) in [5.41, 5.74) is 10.8. The van der Waals surface area contributed by atoms with Gasteiger partial charge in [0.25, 0.3) is 0 Å². The zero-order valence-electron chi connectivity index (χ0n) is 26.3. The Morgan fingerprint density at radius 1 is 0.408 bits per heavy atom. The van der Waals surface area contributed by atoms with E-state index in [4.69, 9.17) is 19.9 Å². The summed E-state index contributed by atoms with van der Waals surface area (Å²) in [5.74, 6) is 0.707. The van der Waals surface area contributed by atoms with E-state index in [1.165, 1.54) is 10.8 Å². The van der Waals surface area contributed by atoms with Crippen molar-refractivity contribution in [3.8, 4) is 45.0 Å². The van der Waals surface area contributed by atoms with Gasteiger partial charge in [0.15, 0.2) is 11.5 Å². The van der Waals surface area contributed by atoms with Crippen LogP contribution in [0.5, 0.6) is 0 Å². The first kappa shape index (κ1) is 27.4. The minimum Gasteiger partial charge on any atom is -0.284 e. The van der Waals surface area contributed by atoms with Crippen molar-refractivity contribution < 1.29 is 0 Å². The number of hydrogen-bond donors (Lipinski definition) is 0. The highest BCUT2D eigenvalue weighted by Crippen LogP contribution is 2.36. The van der Waals surface area contributed by atoms with Gasteiger partial charge < -0.3 is 0 Å². The number of para-hydroxylation sites is 1. The average Bonchev–Trinajstić information content (AvgIpc) is 3.56. The van der Waals surface area contributed by atoms with Gasteiger partial charge in [0.2, 0.25) is 0 Å². The first-order valence-corrected chi connectivity index (χ1v) is 16.4. The van der Waals surface area contributed by atoms with E-state index in [0.29, 0.717) is 5.82 Å². The third kappa shape index (κ3) is 4.48. The third-order valence-electron chi connectivity index (χ3n) is 9.42. The molecule has 0 aliphatic rings. The van der Waals surface area contributed by atoms with Crippen LogP contribution in [0.3, 0.4) is 0 Å². The van der Waals surface area contributed by atoms with Crippen molar-refractivity contribution in [2.45, 2.75) is 0 Å². The Labute approximate surface area is 281 Å². The number of hydrogen-bond acceptors (Lipinski definition) is 4. The van der Waals surface area contributed by atoms with Gasteiger partial charge in [-0.15, -0.1) is 0 Å². The minimum atomic E-state index is 0.707. The molecule has 0 bridgehead atoms. The molecular weight excluding hydrogens is 599 g/mol. The van der Waals surface area contributed by atoms with Crippen LogP contribution in [0.2, 0.25) is 0 Å². The Morgan fingerprint density at radius 3 is 2.00 bits per heavy atom. The predicted molar refractivity (Wildman–Crippen MR) is 200 cm³/mol. The summed E-state index contributed by atoms with van der Waals surface area (Å²) in [4.78, 5) is 20.3. The number of benzene rings is 6. The number of rotatable bonds is 4. The van der Waals surface area contributed by atoms with Crippen molar-refractivity contribution in [2.24, 2.45) is 0 Å². The van der Waals surface area contributed by atoms with Crippen molar-refractivity contribution in [3.05, 3.63) is 164 Å². The summed E-state index contributed by atoms with van der Waals surface area (Å²) in [7, 11) is 0. The minimum absolute atomic E-state index is 0.707. The standard InChI is InChI=1S/C44H27N5/c1-2-15-33-29(11-1)12-10-19-34(33)41-37-18-5-6-20-38(37)45-43(47-41)30-24-22-28(23-25-30)31-13-9-14-32(27-31)40-35-16-3-4-17-36(35)42-44(48-40)49-26-8-7-21-39(49)46-42/h1-27H. The van der Waals surface area contributed by atoms with E-state index in [2.05, 4.69) is 138 Å². The van der Waals surface area contributed by atoms with Gasteiger partial charge in [-0.25, -0.2) is 19.9 Å². The van der Waals surface area contributed by atoms with Crippen molar-refractivity contribution in [2.75, 3.05) is 0 Å².